The van der Waals surface area contributed by atoms with Gasteiger partial charge in [-0.25, -0.2) is 0 Å². The largest absolute Gasteiger partial charge is 0.451 e. The summed E-state index contributed by atoms with van der Waals surface area (Å²) < 4.78 is 6.51. The molecule has 120 valence electrons. The van der Waals surface area contributed by atoms with Gasteiger partial charge < -0.3 is 9.73 Å². The van der Waals surface area contributed by atoms with Crippen LogP contribution in [0.15, 0.2) is 69.6 Å². The Bertz CT molecular complexity index is 903. The number of hydrogen-bond acceptors (Lipinski definition) is 4. The number of anilines is 1. The smallest absolute Gasteiger partial charge is 0.291 e. The number of nitrogens with one attached hydrogen (secondary N) is 1. The van der Waals surface area contributed by atoms with E-state index in [9.17, 15) is 14.9 Å². The Kier molecular flexibility index (Phi) is 4.43. The summed E-state index contributed by atoms with van der Waals surface area (Å²) in [6.07, 6.45) is 0. The predicted octanol–water partition coefficient (Wildman–Crippen LogP) is 4.87. The Labute approximate surface area is 145 Å². The maximum atomic E-state index is 12.2. The number of non-ortho nitro benzene ring substituents is 1. The van der Waals surface area contributed by atoms with E-state index in [0.29, 0.717) is 11.4 Å². The van der Waals surface area contributed by atoms with Crippen LogP contribution in [0.4, 0.5) is 11.4 Å². The van der Waals surface area contributed by atoms with Crippen molar-refractivity contribution >= 4 is 33.2 Å². The number of nitro groups is 1. The fourth-order valence-electron chi connectivity index (χ4n) is 2.12. The molecule has 24 heavy (non-hydrogen) atoms. The van der Waals surface area contributed by atoms with E-state index >= 15 is 0 Å². The molecule has 0 saturated heterocycles. The normalized spacial score (nSPS) is 10.4. The van der Waals surface area contributed by atoms with Crippen LogP contribution in [0.5, 0.6) is 0 Å². The average Bonchev–Trinajstić information content (AvgIpc) is 3.06. The molecule has 0 aliphatic carbocycles. The molecule has 0 aliphatic heterocycles. The molecule has 3 aromatic rings. The third-order valence-electron chi connectivity index (χ3n) is 3.27. The molecule has 0 radical (unpaired) electrons. The topological polar surface area (TPSA) is 85.4 Å². The maximum absolute atomic E-state index is 12.2. The van der Waals surface area contributed by atoms with Crippen molar-refractivity contribution in [2.45, 2.75) is 0 Å². The van der Waals surface area contributed by atoms with Crippen molar-refractivity contribution in [3.8, 4) is 11.3 Å². The molecular weight excluding hydrogens is 376 g/mol. The van der Waals surface area contributed by atoms with Crippen LogP contribution >= 0.6 is 15.9 Å². The summed E-state index contributed by atoms with van der Waals surface area (Å²) in [6, 6.07) is 16.5. The van der Waals surface area contributed by atoms with Gasteiger partial charge in [-0.1, -0.05) is 34.1 Å². The molecular formula is C17H11BrN2O4. The second kappa shape index (κ2) is 6.67. The third-order valence-corrected chi connectivity index (χ3v) is 3.80. The van der Waals surface area contributed by atoms with Crippen molar-refractivity contribution in [3.05, 3.63) is 81.0 Å². The molecule has 7 heteroatoms. The molecule has 1 heterocycles. The van der Waals surface area contributed by atoms with E-state index in [2.05, 4.69) is 21.2 Å². The summed E-state index contributed by atoms with van der Waals surface area (Å²) in [5, 5.41) is 13.3. The number of halogens is 1. The Morgan fingerprint density at radius 3 is 2.54 bits per heavy atom. The number of carbonyl (C=O) groups excluding carboxylic acids is 1. The standard InChI is InChI=1S/C17H11BrN2O4/c18-12-6-4-11(5-7-12)15-8-9-16(24-15)17(21)19-13-2-1-3-14(10-13)20(22)23/h1-10H,(H,19,21). The Morgan fingerprint density at radius 2 is 1.83 bits per heavy atom. The SMILES string of the molecule is O=C(Nc1cccc([N+](=O)[O-])c1)c1ccc(-c2ccc(Br)cc2)o1. The van der Waals surface area contributed by atoms with Gasteiger partial charge in [0.15, 0.2) is 5.76 Å². The summed E-state index contributed by atoms with van der Waals surface area (Å²) in [4.78, 5) is 22.5. The highest BCUT2D eigenvalue weighted by molar-refractivity contribution is 9.10. The van der Waals surface area contributed by atoms with Gasteiger partial charge >= 0.3 is 0 Å². The zero-order valence-corrected chi connectivity index (χ0v) is 13.8. The fourth-order valence-corrected chi connectivity index (χ4v) is 2.38. The van der Waals surface area contributed by atoms with Crippen molar-refractivity contribution in [3.63, 3.8) is 0 Å². The minimum atomic E-state index is -0.520. The summed E-state index contributed by atoms with van der Waals surface area (Å²) >= 11 is 3.36. The lowest BCUT2D eigenvalue weighted by Crippen LogP contribution is -2.10. The maximum Gasteiger partial charge on any atom is 0.291 e. The van der Waals surface area contributed by atoms with Crippen molar-refractivity contribution in [1.29, 1.82) is 0 Å². The molecule has 0 bridgehead atoms. The third kappa shape index (κ3) is 3.52. The number of furan rings is 1. The molecule has 0 atom stereocenters. The molecule has 0 saturated carbocycles. The Morgan fingerprint density at radius 1 is 1.08 bits per heavy atom. The molecule has 1 amide bonds. The molecule has 1 N–H and O–H groups in total. The monoisotopic (exact) mass is 386 g/mol. The van der Waals surface area contributed by atoms with Crippen molar-refractivity contribution in [2.75, 3.05) is 5.32 Å². The van der Waals surface area contributed by atoms with Gasteiger partial charge in [0.2, 0.25) is 0 Å². The number of benzene rings is 2. The van der Waals surface area contributed by atoms with Gasteiger partial charge in [-0.05, 0) is 30.3 Å². The number of hydrogen-bond donors (Lipinski definition) is 1. The second-order valence-electron chi connectivity index (χ2n) is 4.93. The predicted molar refractivity (Wildman–Crippen MR) is 92.9 cm³/mol. The van der Waals surface area contributed by atoms with Crippen LogP contribution in [0.25, 0.3) is 11.3 Å². The lowest BCUT2D eigenvalue weighted by molar-refractivity contribution is -0.384. The van der Waals surface area contributed by atoms with Crippen LogP contribution in [-0.4, -0.2) is 10.8 Å². The molecule has 6 nitrogen and oxygen atoms in total. The van der Waals surface area contributed by atoms with Gasteiger partial charge in [0, 0.05) is 27.9 Å². The average molecular weight is 387 g/mol. The molecule has 2 aromatic carbocycles. The highest BCUT2D eigenvalue weighted by Gasteiger charge is 2.14. The van der Waals surface area contributed by atoms with Crippen LogP contribution in [0, 0.1) is 10.1 Å². The van der Waals surface area contributed by atoms with Crippen LogP contribution in [-0.2, 0) is 0 Å². The van der Waals surface area contributed by atoms with Crippen LogP contribution in [0.2, 0.25) is 0 Å². The Balaban J connectivity index is 1.77. The lowest BCUT2D eigenvalue weighted by Gasteiger charge is -2.03. The van der Waals surface area contributed by atoms with E-state index in [1.165, 1.54) is 18.2 Å². The summed E-state index contributed by atoms with van der Waals surface area (Å²) in [7, 11) is 0. The second-order valence-corrected chi connectivity index (χ2v) is 5.85. The molecule has 1 aromatic heterocycles. The number of amides is 1. The quantitative estimate of drug-likeness (QED) is 0.511. The number of carbonyl (C=O) groups is 1. The number of nitrogens with zero attached hydrogens (tertiary/aromatic N) is 1. The molecule has 0 aliphatic rings. The van der Waals surface area contributed by atoms with Crippen LogP contribution in [0.1, 0.15) is 10.6 Å². The van der Waals surface area contributed by atoms with E-state index in [-0.39, 0.29) is 11.4 Å². The number of rotatable bonds is 4. The summed E-state index contributed by atoms with van der Waals surface area (Å²) in [6.45, 7) is 0. The van der Waals surface area contributed by atoms with Crippen LogP contribution < -0.4 is 5.32 Å². The lowest BCUT2D eigenvalue weighted by atomic mass is 10.2. The zero-order chi connectivity index (χ0) is 17.1. The first kappa shape index (κ1) is 15.9. The van der Waals surface area contributed by atoms with Gasteiger partial charge in [0.1, 0.15) is 5.76 Å². The van der Waals surface area contributed by atoms with Gasteiger partial charge in [-0.3, -0.25) is 14.9 Å². The first-order chi connectivity index (χ1) is 11.5. The van der Waals surface area contributed by atoms with Crippen molar-refractivity contribution in [2.24, 2.45) is 0 Å². The highest BCUT2D eigenvalue weighted by Crippen LogP contribution is 2.25. The zero-order valence-electron chi connectivity index (χ0n) is 12.2. The molecule has 0 spiro atoms. The van der Waals surface area contributed by atoms with E-state index in [1.54, 1.807) is 18.2 Å². The number of nitro benzene ring substituents is 1. The molecule has 0 fully saturated rings. The molecule has 3 rings (SSSR count). The summed E-state index contributed by atoms with van der Waals surface area (Å²) in [5.74, 6) is 0.213. The van der Waals surface area contributed by atoms with Crippen LogP contribution in [0.3, 0.4) is 0 Å². The summed E-state index contributed by atoms with van der Waals surface area (Å²) in [5.41, 5.74) is 1.08. The fraction of sp³-hybridized carbons (Fsp3) is 0. The van der Waals surface area contributed by atoms with Crippen molar-refractivity contribution < 1.29 is 14.1 Å². The van der Waals surface area contributed by atoms with E-state index in [1.807, 2.05) is 24.3 Å². The first-order valence-corrected chi connectivity index (χ1v) is 7.74. The highest BCUT2D eigenvalue weighted by atomic mass is 79.9. The van der Waals surface area contributed by atoms with Gasteiger partial charge in [0.25, 0.3) is 11.6 Å². The van der Waals surface area contributed by atoms with Gasteiger partial charge in [-0.2, -0.15) is 0 Å². The minimum Gasteiger partial charge on any atom is -0.451 e. The first-order valence-electron chi connectivity index (χ1n) is 6.94. The van der Waals surface area contributed by atoms with Crippen molar-refractivity contribution in [1.82, 2.24) is 0 Å². The minimum absolute atomic E-state index is 0.0946. The molecule has 0 unspecified atom stereocenters. The van der Waals surface area contributed by atoms with E-state index in [4.69, 9.17) is 4.42 Å². The Hall–Kier alpha value is -2.93. The van der Waals surface area contributed by atoms with E-state index in [0.717, 1.165) is 10.0 Å². The van der Waals surface area contributed by atoms with Gasteiger partial charge in [0.05, 0.1) is 4.92 Å². The van der Waals surface area contributed by atoms with E-state index < -0.39 is 10.8 Å². The van der Waals surface area contributed by atoms with Gasteiger partial charge in [-0.15, -0.1) is 0 Å².